The maximum atomic E-state index is 13.1. The number of thioether (sulfide) groups is 1. The molecule has 1 aliphatic carbocycles. The minimum atomic E-state index is -4.37. The van der Waals surface area contributed by atoms with Gasteiger partial charge >= 0.3 is 18.2 Å². The third kappa shape index (κ3) is 3.88. The summed E-state index contributed by atoms with van der Waals surface area (Å²) in [6.45, 7) is 0.948. The number of nitrogens with zero attached hydrogens (tertiary/aromatic N) is 1. The topological polar surface area (TPSA) is 55.8 Å². The van der Waals surface area contributed by atoms with Crippen molar-refractivity contribution in [3.63, 3.8) is 0 Å². The van der Waals surface area contributed by atoms with Crippen molar-refractivity contribution in [3.05, 3.63) is 33.8 Å². The summed E-state index contributed by atoms with van der Waals surface area (Å²) in [5.74, 6) is -0.529. The first-order chi connectivity index (χ1) is 12.8. The lowest BCUT2D eigenvalue weighted by atomic mass is 9.81. The molecule has 2 aliphatic heterocycles. The summed E-state index contributed by atoms with van der Waals surface area (Å²) < 4.78 is 48.8. The van der Waals surface area contributed by atoms with Crippen LogP contribution in [0.25, 0.3) is 0 Å². The third-order valence-electron chi connectivity index (χ3n) is 5.10. The van der Waals surface area contributed by atoms with Crippen LogP contribution in [0.3, 0.4) is 0 Å². The van der Waals surface area contributed by atoms with Crippen molar-refractivity contribution >= 4 is 23.8 Å². The minimum Gasteiger partial charge on any atom is -0.465 e. The zero-order valence-corrected chi connectivity index (χ0v) is 15.8. The number of esters is 1. The number of fused-ring (bicyclic) bond motifs is 1. The Morgan fingerprint density at radius 2 is 1.81 bits per heavy atom. The van der Waals surface area contributed by atoms with E-state index in [0.29, 0.717) is 30.8 Å². The van der Waals surface area contributed by atoms with Crippen molar-refractivity contribution in [2.24, 2.45) is 5.92 Å². The fourth-order valence-corrected chi connectivity index (χ4v) is 5.21. The zero-order chi connectivity index (χ0) is 19.8. The van der Waals surface area contributed by atoms with E-state index in [1.807, 2.05) is 0 Å². The number of alkyl halides is 3. The highest BCUT2D eigenvalue weighted by Gasteiger charge is 2.44. The van der Waals surface area contributed by atoms with Crippen molar-refractivity contribution < 1.29 is 32.2 Å². The fraction of sp³-hybridized carbons (Fsp3) is 0.556. The molecule has 2 heterocycles. The van der Waals surface area contributed by atoms with Gasteiger partial charge in [-0.1, -0.05) is 12.2 Å². The smallest absolute Gasteiger partial charge is 0.412 e. The van der Waals surface area contributed by atoms with Crippen molar-refractivity contribution in [2.45, 2.75) is 30.7 Å². The molecular weight excluding hydrogens is 383 g/mol. The maximum absolute atomic E-state index is 13.1. The second kappa shape index (κ2) is 7.61. The summed E-state index contributed by atoms with van der Waals surface area (Å²) in [5.41, 5.74) is 0.957. The summed E-state index contributed by atoms with van der Waals surface area (Å²) in [6, 6.07) is 0. The fourth-order valence-electron chi connectivity index (χ4n) is 3.74. The monoisotopic (exact) mass is 403 g/mol. The van der Waals surface area contributed by atoms with Gasteiger partial charge in [0, 0.05) is 23.9 Å². The van der Waals surface area contributed by atoms with Crippen molar-refractivity contribution in [2.75, 3.05) is 27.3 Å². The molecule has 1 unspecified atom stereocenters. The Morgan fingerprint density at radius 1 is 1.15 bits per heavy atom. The number of allylic oxidation sites excluding steroid dienone is 4. The van der Waals surface area contributed by atoms with Crippen LogP contribution in [-0.2, 0) is 14.3 Å². The Kier molecular flexibility index (Phi) is 5.60. The largest absolute Gasteiger partial charge is 0.465 e. The number of hydrogen-bond donors (Lipinski definition) is 0. The van der Waals surface area contributed by atoms with Gasteiger partial charge in [0.1, 0.15) is 0 Å². The summed E-state index contributed by atoms with van der Waals surface area (Å²) in [5, 5.41) is -0.436. The van der Waals surface area contributed by atoms with Crippen LogP contribution in [0.2, 0.25) is 0 Å². The lowest BCUT2D eigenvalue weighted by molar-refractivity contribution is -0.135. The summed E-state index contributed by atoms with van der Waals surface area (Å²) in [4.78, 5) is 25.9. The van der Waals surface area contributed by atoms with Gasteiger partial charge in [-0.25, -0.2) is 9.59 Å². The number of hydrogen-bond acceptors (Lipinski definition) is 5. The molecule has 1 saturated heterocycles. The van der Waals surface area contributed by atoms with Gasteiger partial charge in [0.25, 0.3) is 0 Å². The highest BCUT2D eigenvalue weighted by molar-refractivity contribution is 8.05. The van der Waals surface area contributed by atoms with Crippen LogP contribution in [-0.4, -0.2) is 55.7 Å². The molecule has 1 fully saturated rings. The lowest BCUT2D eigenvalue weighted by Gasteiger charge is -2.33. The van der Waals surface area contributed by atoms with Gasteiger partial charge in [0.15, 0.2) is 0 Å². The van der Waals surface area contributed by atoms with Crippen molar-refractivity contribution in [1.82, 2.24) is 4.90 Å². The summed E-state index contributed by atoms with van der Waals surface area (Å²) in [6.07, 6.45) is -1.10. The van der Waals surface area contributed by atoms with E-state index < -0.39 is 29.1 Å². The van der Waals surface area contributed by atoms with Gasteiger partial charge in [-0.05, 0) is 36.3 Å². The van der Waals surface area contributed by atoms with Crippen LogP contribution >= 0.6 is 11.8 Å². The van der Waals surface area contributed by atoms with Gasteiger partial charge in [-0.3, -0.25) is 0 Å². The van der Waals surface area contributed by atoms with E-state index >= 15 is 0 Å². The highest BCUT2D eigenvalue weighted by atomic mass is 32.2. The third-order valence-corrected chi connectivity index (χ3v) is 6.43. The molecule has 3 rings (SSSR count). The molecule has 0 aromatic heterocycles. The van der Waals surface area contributed by atoms with Crippen LogP contribution < -0.4 is 0 Å². The van der Waals surface area contributed by atoms with E-state index in [1.54, 1.807) is 4.90 Å². The van der Waals surface area contributed by atoms with Gasteiger partial charge in [0.2, 0.25) is 0 Å². The molecule has 27 heavy (non-hydrogen) atoms. The molecule has 0 bridgehead atoms. The predicted molar refractivity (Wildman–Crippen MR) is 94.0 cm³/mol. The van der Waals surface area contributed by atoms with E-state index in [1.165, 1.54) is 20.3 Å². The Hall–Kier alpha value is -1.90. The number of rotatable bonds is 2. The molecule has 148 valence electrons. The Bertz CT molecular complexity index is 733. The van der Waals surface area contributed by atoms with Crippen LogP contribution in [0.1, 0.15) is 19.3 Å². The van der Waals surface area contributed by atoms with Crippen molar-refractivity contribution in [3.8, 4) is 0 Å². The van der Waals surface area contributed by atoms with E-state index in [0.717, 1.165) is 29.0 Å². The zero-order valence-electron chi connectivity index (χ0n) is 15.0. The van der Waals surface area contributed by atoms with Crippen LogP contribution in [0, 0.1) is 5.92 Å². The molecule has 0 radical (unpaired) electrons. The number of amides is 1. The Morgan fingerprint density at radius 3 is 2.37 bits per heavy atom. The van der Waals surface area contributed by atoms with E-state index in [2.05, 4.69) is 0 Å². The number of methoxy groups -OCH3 is 2. The number of likely N-dealkylation sites (tertiary alicyclic amines) is 1. The molecule has 0 spiro atoms. The maximum Gasteiger partial charge on any atom is 0.412 e. The van der Waals surface area contributed by atoms with E-state index in [-0.39, 0.29) is 12.3 Å². The first-order valence-electron chi connectivity index (χ1n) is 8.56. The first-order valence-corrected chi connectivity index (χ1v) is 9.44. The van der Waals surface area contributed by atoms with Gasteiger partial charge in [0.05, 0.1) is 19.1 Å². The predicted octanol–water partition coefficient (Wildman–Crippen LogP) is 3.83. The highest BCUT2D eigenvalue weighted by Crippen LogP contribution is 2.52. The standard InChI is InChI=1S/C18H20F3NO4S/c1-25-16(23)15-14(10-5-7-22(8-6-10)17(24)26-2)12-4-3-11(18(19,20)21)9-13(12)27-15/h3-4,10,13H,5-9H2,1-2H3. The number of carbonyl (C=O) groups excluding carboxylic acids is 2. The number of carbonyl (C=O) groups is 2. The number of piperidine rings is 1. The van der Waals surface area contributed by atoms with Crippen molar-refractivity contribution in [1.29, 1.82) is 0 Å². The average Bonchev–Trinajstić information content (AvgIpc) is 3.04. The first kappa shape index (κ1) is 19.9. The SMILES string of the molecule is COC(=O)C1=C(C2CCN(C(=O)OC)CC2)C2=CC=C(C(F)(F)F)CC2S1. The quantitative estimate of drug-likeness (QED) is 0.656. The van der Waals surface area contributed by atoms with Crippen LogP contribution in [0.5, 0.6) is 0 Å². The van der Waals surface area contributed by atoms with Gasteiger partial charge in [-0.15, -0.1) is 11.8 Å². The molecular formula is C18H20F3NO4S. The molecule has 9 heteroatoms. The Balaban J connectivity index is 1.88. The normalized spacial score (nSPS) is 23.6. The van der Waals surface area contributed by atoms with Crippen LogP contribution in [0.4, 0.5) is 18.0 Å². The molecule has 0 aromatic rings. The molecule has 3 aliphatic rings. The summed E-state index contributed by atoms with van der Waals surface area (Å²) >= 11 is 1.15. The minimum absolute atomic E-state index is 0.00964. The number of ether oxygens (including phenoxy) is 2. The molecule has 0 saturated carbocycles. The molecule has 1 atom stereocenters. The second-order valence-electron chi connectivity index (χ2n) is 6.59. The van der Waals surface area contributed by atoms with Crippen LogP contribution in [0.15, 0.2) is 33.8 Å². The second-order valence-corrected chi connectivity index (χ2v) is 7.80. The van der Waals surface area contributed by atoms with Gasteiger partial charge in [-0.2, -0.15) is 13.2 Å². The van der Waals surface area contributed by atoms with Gasteiger partial charge < -0.3 is 14.4 Å². The molecule has 0 N–H and O–H groups in total. The van der Waals surface area contributed by atoms with E-state index in [9.17, 15) is 22.8 Å². The average molecular weight is 403 g/mol. The Labute approximate surface area is 159 Å². The molecule has 1 amide bonds. The summed E-state index contributed by atoms with van der Waals surface area (Å²) in [7, 11) is 2.59. The lowest BCUT2D eigenvalue weighted by Crippen LogP contribution is -2.39. The molecule has 0 aromatic carbocycles. The number of halogens is 3. The van der Waals surface area contributed by atoms with E-state index in [4.69, 9.17) is 9.47 Å². The molecule has 5 nitrogen and oxygen atoms in total.